The first kappa shape index (κ1) is 13.5. The van der Waals surface area contributed by atoms with Gasteiger partial charge < -0.3 is 14.9 Å². The van der Waals surface area contributed by atoms with E-state index < -0.39 is 5.97 Å². The van der Waals surface area contributed by atoms with E-state index in [-0.39, 0.29) is 37.1 Å². The van der Waals surface area contributed by atoms with Gasteiger partial charge in [-0.15, -0.1) is 0 Å². The topological polar surface area (TPSA) is 77.9 Å². The summed E-state index contributed by atoms with van der Waals surface area (Å²) < 4.78 is 0. The predicted octanol–water partition coefficient (Wildman–Crippen LogP) is -0.212. The smallest absolute Gasteiger partial charge is 0.305 e. The van der Waals surface area contributed by atoms with Gasteiger partial charge >= 0.3 is 5.97 Å². The van der Waals surface area contributed by atoms with Gasteiger partial charge in [0.2, 0.25) is 11.8 Å². The number of amides is 2. The minimum absolute atomic E-state index is 0.0266. The Kier molecular flexibility index (Phi) is 4.48. The molecule has 0 bridgehead atoms. The van der Waals surface area contributed by atoms with E-state index in [0.717, 1.165) is 0 Å². The first-order chi connectivity index (χ1) is 7.91. The SMILES string of the molecule is CN1CC[C@@H](C(=O)N(C)CCC(=O)O)CC1=O. The van der Waals surface area contributed by atoms with Gasteiger partial charge in [0.25, 0.3) is 0 Å². The Labute approximate surface area is 100 Å². The lowest BCUT2D eigenvalue weighted by molar-refractivity contribution is -0.144. The van der Waals surface area contributed by atoms with E-state index in [1.54, 1.807) is 19.0 Å². The molecular formula is C11H18N2O4. The number of rotatable bonds is 4. The first-order valence-corrected chi connectivity index (χ1v) is 5.62. The number of piperidine rings is 1. The molecule has 17 heavy (non-hydrogen) atoms. The molecule has 1 atom stereocenters. The fourth-order valence-electron chi connectivity index (χ4n) is 1.84. The van der Waals surface area contributed by atoms with Gasteiger partial charge in [0.1, 0.15) is 0 Å². The van der Waals surface area contributed by atoms with Crippen LogP contribution in [-0.2, 0) is 14.4 Å². The summed E-state index contributed by atoms with van der Waals surface area (Å²) in [6.45, 7) is 0.775. The molecule has 1 N–H and O–H groups in total. The average Bonchev–Trinajstić information content (AvgIpc) is 2.28. The largest absolute Gasteiger partial charge is 0.481 e. The molecule has 0 aromatic rings. The summed E-state index contributed by atoms with van der Waals surface area (Å²) in [5, 5.41) is 8.53. The fraction of sp³-hybridized carbons (Fsp3) is 0.727. The van der Waals surface area contributed by atoms with Gasteiger partial charge in [-0.25, -0.2) is 0 Å². The van der Waals surface area contributed by atoms with Crippen molar-refractivity contribution in [3.05, 3.63) is 0 Å². The van der Waals surface area contributed by atoms with E-state index in [4.69, 9.17) is 5.11 Å². The lowest BCUT2D eigenvalue weighted by Crippen LogP contribution is -2.43. The Bertz CT molecular complexity index is 329. The zero-order valence-electron chi connectivity index (χ0n) is 10.2. The lowest BCUT2D eigenvalue weighted by Gasteiger charge is -2.30. The van der Waals surface area contributed by atoms with Crippen molar-refractivity contribution < 1.29 is 19.5 Å². The third-order valence-corrected chi connectivity index (χ3v) is 3.05. The van der Waals surface area contributed by atoms with E-state index >= 15 is 0 Å². The van der Waals surface area contributed by atoms with E-state index in [0.29, 0.717) is 13.0 Å². The van der Waals surface area contributed by atoms with Gasteiger partial charge in [-0.05, 0) is 6.42 Å². The summed E-state index contributed by atoms with van der Waals surface area (Å²) in [5.41, 5.74) is 0. The number of hydrogen-bond acceptors (Lipinski definition) is 3. The molecule has 1 aliphatic rings. The highest BCUT2D eigenvalue weighted by molar-refractivity contribution is 5.86. The van der Waals surface area contributed by atoms with Crippen LogP contribution in [0, 0.1) is 5.92 Å². The second-order valence-electron chi connectivity index (χ2n) is 4.41. The summed E-state index contributed by atoms with van der Waals surface area (Å²) in [5.74, 6) is -1.38. The highest BCUT2D eigenvalue weighted by Crippen LogP contribution is 2.19. The van der Waals surface area contributed by atoms with Gasteiger partial charge in [-0.2, -0.15) is 0 Å². The Morgan fingerprint density at radius 3 is 2.71 bits per heavy atom. The van der Waals surface area contributed by atoms with Gasteiger partial charge in [-0.3, -0.25) is 14.4 Å². The highest BCUT2D eigenvalue weighted by atomic mass is 16.4. The van der Waals surface area contributed by atoms with Crippen LogP contribution in [0.1, 0.15) is 19.3 Å². The molecule has 6 heteroatoms. The maximum Gasteiger partial charge on any atom is 0.305 e. The van der Waals surface area contributed by atoms with Crippen LogP contribution in [0.25, 0.3) is 0 Å². The predicted molar refractivity (Wildman–Crippen MR) is 60.3 cm³/mol. The molecule has 96 valence electrons. The summed E-state index contributed by atoms with van der Waals surface area (Å²) in [7, 11) is 3.30. The third-order valence-electron chi connectivity index (χ3n) is 3.05. The van der Waals surface area contributed by atoms with Crippen LogP contribution >= 0.6 is 0 Å². The Morgan fingerprint density at radius 1 is 1.53 bits per heavy atom. The molecule has 1 rings (SSSR count). The van der Waals surface area contributed by atoms with Crippen molar-refractivity contribution >= 4 is 17.8 Å². The van der Waals surface area contributed by atoms with E-state index in [1.165, 1.54) is 4.90 Å². The van der Waals surface area contributed by atoms with Crippen molar-refractivity contribution in [3.63, 3.8) is 0 Å². The van der Waals surface area contributed by atoms with Crippen LogP contribution in [0.5, 0.6) is 0 Å². The molecule has 0 radical (unpaired) electrons. The van der Waals surface area contributed by atoms with Crippen LogP contribution in [0.15, 0.2) is 0 Å². The molecule has 2 amide bonds. The van der Waals surface area contributed by atoms with Crippen LogP contribution in [0.2, 0.25) is 0 Å². The molecule has 0 aromatic carbocycles. The normalized spacial score (nSPS) is 20.2. The molecule has 0 aliphatic carbocycles. The number of likely N-dealkylation sites (tertiary alicyclic amines) is 1. The quantitative estimate of drug-likeness (QED) is 0.739. The Hall–Kier alpha value is -1.59. The minimum Gasteiger partial charge on any atom is -0.481 e. The molecule has 1 aliphatic heterocycles. The number of carbonyl (C=O) groups excluding carboxylic acids is 2. The van der Waals surface area contributed by atoms with Gasteiger partial charge in [0.05, 0.1) is 6.42 Å². The fourth-order valence-corrected chi connectivity index (χ4v) is 1.84. The van der Waals surface area contributed by atoms with Crippen LogP contribution in [0.3, 0.4) is 0 Å². The molecule has 1 saturated heterocycles. The van der Waals surface area contributed by atoms with Crippen molar-refractivity contribution in [3.8, 4) is 0 Å². The van der Waals surface area contributed by atoms with Crippen LogP contribution in [-0.4, -0.2) is 59.9 Å². The maximum absolute atomic E-state index is 11.9. The Balaban J connectivity index is 2.46. The number of carboxylic acids is 1. The monoisotopic (exact) mass is 242 g/mol. The van der Waals surface area contributed by atoms with Crippen molar-refractivity contribution in [2.75, 3.05) is 27.2 Å². The van der Waals surface area contributed by atoms with Crippen molar-refractivity contribution in [2.24, 2.45) is 5.92 Å². The molecule has 1 fully saturated rings. The van der Waals surface area contributed by atoms with Crippen molar-refractivity contribution in [1.82, 2.24) is 9.80 Å². The molecule has 6 nitrogen and oxygen atoms in total. The van der Waals surface area contributed by atoms with E-state index in [9.17, 15) is 14.4 Å². The number of hydrogen-bond donors (Lipinski definition) is 1. The average molecular weight is 242 g/mol. The number of nitrogens with zero attached hydrogens (tertiary/aromatic N) is 2. The zero-order valence-corrected chi connectivity index (χ0v) is 10.2. The van der Waals surface area contributed by atoms with Crippen molar-refractivity contribution in [2.45, 2.75) is 19.3 Å². The highest BCUT2D eigenvalue weighted by Gasteiger charge is 2.30. The number of carboxylic acid groups (broad SMARTS) is 1. The van der Waals surface area contributed by atoms with Gasteiger partial charge in [0.15, 0.2) is 0 Å². The number of aliphatic carboxylic acids is 1. The third kappa shape index (κ3) is 3.72. The minimum atomic E-state index is -0.927. The summed E-state index contributed by atoms with van der Waals surface area (Å²) in [4.78, 5) is 36.8. The van der Waals surface area contributed by atoms with Crippen LogP contribution < -0.4 is 0 Å². The zero-order chi connectivity index (χ0) is 13.0. The number of carbonyl (C=O) groups is 3. The van der Waals surface area contributed by atoms with Crippen molar-refractivity contribution in [1.29, 1.82) is 0 Å². The molecule has 0 aromatic heterocycles. The molecular weight excluding hydrogens is 224 g/mol. The second kappa shape index (κ2) is 5.65. The molecule has 0 unspecified atom stereocenters. The summed E-state index contributed by atoms with van der Waals surface area (Å²) in [6, 6.07) is 0. The second-order valence-corrected chi connectivity index (χ2v) is 4.41. The molecule has 1 heterocycles. The Morgan fingerprint density at radius 2 is 2.18 bits per heavy atom. The summed E-state index contributed by atoms with van der Waals surface area (Å²) >= 11 is 0. The van der Waals surface area contributed by atoms with E-state index in [2.05, 4.69) is 0 Å². The van der Waals surface area contributed by atoms with Crippen LogP contribution in [0.4, 0.5) is 0 Å². The molecule has 0 saturated carbocycles. The molecule has 0 spiro atoms. The lowest BCUT2D eigenvalue weighted by atomic mass is 9.95. The van der Waals surface area contributed by atoms with E-state index in [1.807, 2.05) is 0 Å². The first-order valence-electron chi connectivity index (χ1n) is 5.62. The van der Waals surface area contributed by atoms with Gasteiger partial charge in [0, 0.05) is 39.5 Å². The van der Waals surface area contributed by atoms with Gasteiger partial charge in [-0.1, -0.05) is 0 Å². The standard InChI is InChI=1S/C11H18N2O4/c1-12-5-3-8(7-9(12)14)11(17)13(2)6-4-10(15)16/h8H,3-7H2,1-2H3,(H,15,16)/t8-/m1/s1. The summed E-state index contributed by atoms with van der Waals surface area (Å²) in [6.07, 6.45) is 0.814. The maximum atomic E-state index is 11.9.